The molecule has 5 nitrogen and oxygen atoms in total. The first-order chi connectivity index (χ1) is 17.1. The van der Waals surface area contributed by atoms with Crippen LogP contribution in [-0.4, -0.2) is 40.6 Å². The smallest absolute Gasteiger partial charge is 0.254 e. The van der Waals surface area contributed by atoms with Gasteiger partial charge in [-0.05, 0) is 75.8 Å². The Kier molecular flexibility index (Phi) is 8.13. The molecule has 0 saturated carbocycles. The molecule has 0 bridgehead atoms. The van der Waals surface area contributed by atoms with Crippen molar-refractivity contribution in [3.05, 3.63) is 89.2 Å². The number of pyridine rings is 1. The minimum absolute atomic E-state index is 0.0503. The number of nitrogens with zero attached hydrogens (tertiary/aromatic N) is 1. The number of aromatic nitrogens is 1. The van der Waals surface area contributed by atoms with E-state index in [9.17, 15) is 4.79 Å². The monoisotopic (exact) mass is 504 g/mol. The van der Waals surface area contributed by atoms with Crippen LogP contribution in [0.4, 0.5) is 0 Å². The molecule has 1 unspecified atom stereocenters. The predicted molar refractivity (Wildman–Crippen MR) is 148 cm³/mol. The fourth-order valence-corrected chi connectivity index (χ4v) is 5.72. The number of piperidine rings is 1. The van der Waals surface area contributed by atoms with Crippen LogP contribution in [0.1, 0.15) is 56.5 Å². The Morgan fingerprint density at radius 2 is 1.61 bits per heavy atom. The van der Waals surface area contributed by atoms with E-state index in [2.05, 4.69) is 85.0 Å². The van der Waals surface area contributed by atoms with Gasteiger partial charge in [-0.2, -0.15) is 0 Å². The number of halogens is 1. The summed E-state index contributed by atoms with van der Waals surface area (Å²) in [7, 11) is 0. The molecule has 0 spiro atoms. The zero-order valence-electron chi connectivity index (χ0n) is 21.6. The Balaban J connectivity index is 1.48. The summed E-state index contributed by atoms with van der Waals surface area (Å²) in [5.41, 5.74) is 4.04. The molecule has 4 rings (SSSR count). The third-order valence-electron chi connectivity index (χ3n) is 6.73. The molecule has 1 saturated heterocycles. The summed E-state index contributed by atoms with van der Waals surface area (Å²) in [6.07, 6.45) is 4.35. The van der Waals surface area contributed by atoms with Gasteiger partial charge < -0.3 is 16.0 Å². The second-order valence-corrected chi connectivity index (χ2v) is 11.5. The van der Waals surface area contributed by atoms with Crippen molar-refractivity contribution in [2.75, 3.05) is 6.54 Å². The van der Waals surface area contributed by atoms with E-state index in [0.717, 1.165) is 12.8 Å². The van der Waals surface area contributed by atoms with Crippen LogP contribution in [0.25, 0.3) is 11.1 Å². The molecule has 1 atom stereocenters. The number of carbonyl (C=O) groups excluding carboxylic acids is 1. The number of carbonyl (C=O) groups is 1. The summed E-state index contributed by atoms with van der Waals surface area (Å²) in [5.74, 6) is -0.202. The van der Waals surface area contributed by atoms with Crippen molar-refractivity contribution in [2.24, 2.45) is 0 Å². The van der Waals surface area contributed by atoms with Gasteiger partial charge in [0.1, 0.15) is 5.15 Å². The van der Waals surface area contributed by atoms with Crippen LogP contribution in [0.15, 0.2) is 72.9 Å². The van der Waals surface area contributed by atoms with Gasteiger partial charge in [-0.3, -0.25) is 4.79 Å². The lowest BCUT2D eigenvalue weighted by Gasteiger charge is -2.47. The zero-order chi connectivity index (χ0) is 25.8. The Morgan fingerprint density at radius 1 is 0.972 bits per heavy atom. The van der Waals surface area contributed by atoms with E-state index >= 15 is 0 Å². The van der Waals surface area contributed by atoms with Crippen LogP contribution < -0.4 is 16.0 Å². The molecule has 0 aliphatic carbocycles. The summed E-state index contributed by atoms with van der Waals surface area (Å²) in [6, 6.07) is 22.6. The average molecular weight is 505 g/mol. The number of hydrogen-bond acceptors (Lipinski definition) is 4. The van der Waals surface area contributed by atoms with Crippen molar-refractivity contribution in [3.8, 4) is 11.1 Å². The molecule has 3 N–H and O–H groups in total. The summed E-state index contributed by atoms with van der Waals surface area (Å²) < 4.78 is 0. The first-order valence-electron chi connectivity index (χ1n) is 12.7. The molecular weight excluding hydrogens is 468 g/mol. The topological polar surface area (TPSA) is 66.0 Å². The van der Waals surface area contributed by atoms with E-state index < -0.39 is 0 Å². The Bertz CT molecular complexity index is 1150. The van der Waals surface area contributed by atoms with Gasteiger partial charge in [0.15, 0.2) is 0 Å². The van der Waals surface area contributed by atoms with Crippen LogP contribution >= 0.6 is 11.6 Å². The fourth-order valence-electron chi connectivity index (χ4n) is 5.52. The van der Waals surface area contributed by atoms with Gasteiger partial charge in [0, 0.05) is 35.9 Å². The van der Waals surface area contributed by atoms with Gasteiger partial charge in [-0.25, -0.2) is 4.98 Å². The van der Waals surface area contributed by atoms with Crippen LogP contribution in [0.5, 0.6) is 0 Å². The predicted octanol–water partition coefficient (Wildman–Crippen LogP) is 5.64. The number of nitrogens with one attached hydrogen (secondary N) is 3. The quantitative estimate of drug-likeness (QED) is 0.347. The van der Waals surface area contributed by atoms with E-state index in [1.165, 1.54) is 16.7 Å². The number of rotatable bonds is 8. The third-order valence-corrected chi connectivity index (χ3v) is 7.03. The first kappa shape index (κ1) is 26.3. The minimum atomic E-state index is -0.202. The molecule has 0 radical (unpaired) electrons. The molecule has 6 heteroatoms. The van der Waals surface area contributed by atoms with E-state index in [0.29, 0.717) is 24.6 Å². The average Bonchev–Trinajstić information content (AvgIpc) is 2.82. The highest BCUT2D eigenvalue weighted by Gasteiger charge is 2.37. The second-order valence-electron chi connectivity index (χ2n) is 11.2. The molecule has 1 fully saturated rings. The molecule has 1 aliphatic heterocycles. The molecule has 2 heterocycles. The molecule has 1 aromatic heterocycles. The van der Waals surface area contributed by atoms with Gasteiger partial charge in [-0.1, -0.05) is 66.2 Å². The van der Waals surface area contributed by atoms with Crippen molar-refractivity contribution in [3.63, 3.8) is 0 Å². The van der Waals surface area contributed by atoms with Gasteiger partial charge in [-0.15, -0.1) is 0 Å². The van der Waals surface area contributed by atoms with Crippen molar-refractivity contribution >= 4 is 17.5 Å². The number of amides is 1. The Hall–Kier alpha value is -2.73. The summed E-state index contributed by atoms with van der Waals surface area (Å²) in [5, 5.41) is 10.9. The summed E-state index contributed by atoms with van der Waals surface area (Å²) >= 11 is 6.21. The lowest BCUT2D eigenvalue weighted by molar-refractivity contribution is 0.0930. The molecule has 3 aromatic rings. The molecule has 2 aromatic carbocycles. The van der Waals surface area contributed by atoms with Gasteiger partial charge >= 0.3 is 0 Å². The van der Waals surface area contributed by atoms with Crippen LogP contribution in [-0.2, 0) is 6.42 Å². The van der Waals surface area contributed by atoms with E-state index in [1.807, 2.05) is 18.2 Å². The van der Waals surface area contributed by atoms with Gasteiger partial charge in [0.25, 0.3) is 5.91 Å². The number of hydrogen-bond donors (Lipinski definition) is 3. The maximum absolute atomic E-state index is 13.1. The van der Waals surface area contributed by atoms with E-state index in [4.69, 9.17) is 11.6 Å². The molecule has 1 aliphatic rings. The number of benzene rings is 2. The molecule has 36 heavy (non-hydrogen) atoms. The zero-order valence-corrected chi connectivity index (χ0v) is 22.4. The largest absolute Gasteiger partial charge is 0.348 e. The first-order valence-corrected chi connectivity index (χ1v) is 13.1. The highest BCUT2D eigenvalue weighted by molar-refractivity contribution is 6.32. The standard InChI is InChI=1S/C30H37ClN4O/c1-29(2)18-25(19-30(3,4)35-29)33-20-24(34-28(36)26-11-8-16-32-27(26)31)17-21-12-14-23(15-13-21)22-9-6-5-7-10-22/h5-16,24-25,33,35H,17-20H2,1-4H3,(H,34,36). The second kappa shape index (κ2) is 11.1. The van der Waals surface area contributed by atoms with Crippen molar-refractivity contribution in [1.29, 1.82) is 0 Å². The molecular formula is C30H37ClN4O. The minimum Gasteiger partial charge on any atom is -0.348 e. The van der Waals surface area contributed by atoms with Gasteiger partial charge in [0.2, 0.25) is 0 Å². The lowest BCUT2D eigenvalue weighted by atomic mass is 9.79. The molecule has 190 valence electrons. The summed E-state index contributed by atoms with van der Waals surface area (Å²) in [4.78, 5) is 17.2. The van der Waals surface area contributed by atoms with Crippen LogP contribution in [0, 0.1) is 0 Å². The normalized spacial score (nSPS) is 17.9. The fraction of sp³-hybridized carbons (Fsp3) is 0.400. The van der Waals surface area contributed by atoms with Gasteiger partial charge in [0.05, 0.1) is 5.56 Å². The van der Waals surface area contributed by atoms with Crippen LogP contribution in [0.2, 0.25) is 5.15 Å². The van der Waals surface area contributed by atoms with E-state index in [1.54, 1.807) is 18.3 Å². The van der Waals surface area contributed by atoms with Crippen LogP contribution in [0.3, 0.4) is 0 Å². The highest BCUT2D eigenvalue weighted by Crippen LogP contribution is 2.28. The van der Waals surface area contributed by atoms with Crippen molar-refractivity contribution < 1.29 is 4.79 Å². The van der Waals surface area contributed by atoms with Crippen molar-refractivity contribution in [1.82, 2.24) is 20.9 Å². The van der Waals surface area contributed by atoms with E-state index in [-0.39, 0.29) is 28.2 Å². The Morgan fingerprint density at radius 3 is 2.25 bits per heavy atom. The summed E-state index contributed by atoms with van der Waals surface area (Å²) in [6.45, 7) is 9.67. The maximum atomic E-state index is 13.1. The third kappa shape index (κ3) is 7.16. The Labute approximate surface area is 220 Å². The SMILES string of the molecule is CC1(C)CC(NCC(Cc2ccc(-c3ccccc3)cc2)NC(=O)c2cccnc2Cl)CC(C)(C)N1. The van der Waals surface area contributed by atoms with Crippen molar-refractivity contribution in [2.45, 2.75) is 70.1 Å². The maximum Gasteiger partial charge on any atom is 0.254 e. The lowest BCUT2D eigenvalue weighted by Crippen LogP contribution is -2.62. The highest BCUT2D eigenvalue weighted by atomic mass is 35.5. The molecule has 1 amide bonds.